The van der Waals surface area contributed by atoms with E-state index in [1.54, 1.807) is 25.1 Å². The highest BCUT2D eigenvalue weighted by Gasteiger charge is 1.99. The van der Waals surface area contributed by atoms with E-state index in [1.165, 1.54) is 11.8 Å². The van der Waals surface area contributed by atoms with Gasteiger partial charge in [-0.3, -0.25) is 9.59 Å². The average molecular weight is 269 g/mol. The summed E-state index contributed by atoms with van der Waals surface area (Å²) in [6.07, 6.45) is 5.41. The van der Waals surface area contributed by atoms with Gasteiger partial charge in [-0.25, -0.2) is 0 Å². The first kappa shape index (κ1) is 14.0. The van der Waals surface area contributed by atoms with Crippen molar-refractivity contribution in [3.63, 3.8) is 0 Å². The lowest BCUT2D eigenvalue weighted by atomic mass is 10.1. The van der Waals surface area contributed by atoms with Crippen molar-refractivity contribution < 1.29 is 9.59 Å². The van der Waals surface area contributed by atoms with Crippen LogP contribution in [-0.2, 0) is 4.79 Å². The molecule has 0 saturated carbocycles. The Morgan fingerprint density at radius 1 is 1.41 bits per heavy atom. The summed E-state index contributed by atoms with van der Waals surface area (Å²) in [5.41, 5.74) is 1.42. The van der Waals surface area contributed by atoms with E-state index in [1.807, 2.05) is 12.2 Å². The summed E-state index contributed by atoms with van der Waals surface area (Å²) in [5.74, 6) is 0.760. The predicted octanol–water partition coefficient (Wildman–Crippen LogP) is 3.84. The molecule has 0 aliphatic rings. The third kappa shape index (κ3) is 5.20. The molecule has 0 fully saturated rings. The zero-order chi connectivity index (χ0) is 12.7. The highest BCUT2D eigenvalue weighted by atomic mass is 35.5. The molecule has 0 saturated heterocycles. The maximum atomic E-state index is 10.8. The van der Waals surface area contributed by atoms with Gasteiger partial charge in [0.25, 0.3) is 0 Å². The second kappa shape index (κ2) is 7.30. The molecular weight excluding hydrogens is 256 g/mol. The van der Waals surface area contributed by atoms with Gasteiger partial charge in [-0.1, -0.05) is 41.6 Å². The van der Waals surface area contributed by atoms with Gasteiger partial charge in [-0.2, -0.15) is 0 Å². The second-order valence-corrected chi connectivity index (χ2v) is 5.13. The standard InChI is InChI=1S/C13H13ClO2S/c1-10(16)17-7-3-2-4-11-5-6-13(14)8-12(11)9-15/h2,4-6,8-9H,3,7H2,1H3. The summed E-state index contributed by atoms with van der Waals surface area (Å²) in [4.78, 5) is 21.5. The molecule has 0 amide bonds. The number of carbonyl (C=O) groups excluding carboxylic acids is 2. The van der Waals surface area contributed by atoms with Crippen molar-refractivity contribution in [2.75, 3.05) is 5.75 Å². The fraction of sp³-hybridized carbons (Fsp3) is 0.231. The Kier molecular flexibility index (Phi) is 6.01. The Balaban J connectivity index is 2.58. The van der Waals surface area contributed by atoms with Crippen LogP contribution in [0.15, 0.2) is 24.3 Å². The maximum absolute atomic E-state index is 10.8. The van der Waals surface area contributed by atoms with E-state index in [-0.39, 0.29) is 5.12 Å². The molecule has 0 N–H and O–H groups in total. The van der Waals surface area contributed by atoms with Crippen molar-refractivity contribution in [2.45, 2.75) is 13.3 Å². The summed E-state index contributed by atoms with van der Waals surface area (Å²) >= 11 is 7.09. The highest BCUT2D eigenvalue weighted by molar-refractivity contribution is 8.13. The van der Waals surface area contributed by atoms with Crippen LogP contribution in [-0.4, -0.2) is 17.2 Å². The fourth-order valence-corrected chi connectivity index (χ4v) is 2.00. The number of benzene rings is 1. The number of hydrogen-bond acceptors (Lipinski definition) is 3. The van der Waals surface area contributed by atoms with E-state index in [0.29, 0.717) is 10.6 Å². The van der Waals surface area contributed by atoms with E-state index < -0.39 is 0 Å². The Bertz CT molecular complexity index is 441. The first-order chi connectivity index (χ1) is 8.13. The largest absolute Gasteiger partial charge is 0.298 e. The summed E-state index contributed by atoms with van der Waals surface area (Å²) in [6.45, 7) is 1.55. The third-order valence-electron chi connectivity index (χ3n) is 2.06. The fourth-order valence-electron chi connectivity index (χ4n) is 1.28. The smallest absolute Gasteiger partial charge is 0.185 e. The van der Waals surface area contributed by atoms with Gasteiger partial charge in [-0.15, -0.1) is 0 Å². The molecule has 0 spiro atoms. The molecule has 0 radical (unpaired) electrons. The first-order valence-corrected chi connectivity index (χ1v) is 6.54. The molecule has 0 aromatic heterocycles. The first-order valence-electron chi connectivity index (χ1n) is 5.18. The van der Waals surface area contributed by atoms with Gasteiger partial charge < -0.3 is 0 Å². The number of hydrogen-bond donors (Lipinski definition) is 0. The van der Waals surface area contributed by atoms with Gasteiger partial charge >= 0.3 is 0 Å². The molecule has 2 nitrogen and oxygen atoms in total. The van der Waals surface area contributed by atoms with Gasteiger partial charge in [0.1, 0.15) is 0 Å². The summed E-state index contributed by atoms with van der Waals surface area (Å²) in [6, 6.07) is 5.19. The third-order valence-corrected chi connectivity index (χ3v) is 3.14. The molecule has 0 aliphatic heterocycles. The lowest BCUT2D eigenvalue weighted by molar-refractivity contribution is -0.109. The zero-order valence-corrected chi connectivity index (χ0v) is 11.1. The topological polar surface area (TPSA) is 34.1 Å². The minimum atomic E-state index is 0.124. The highest BCUT2D eigenvalue weighted by Crippen LogP contribution is 2.16. The van der Waals surface area contributed by atoms with Gasteiger partial charge in [-0.05, 0) is 24.1 Å². The van der Waals surface area contributed by atoms with E-state index in [9.17, 15) is 9.59 Å². The van der Waals surface area contributed by atoms with Crippen LogP contribution in [0.3, 0.4) is 0 Å². The Morgan fingerprint density at radius 2 is 2.18 bits per heavy atom. The molecule has 0 heterocycles. The van der Waals surface area contributed by atoms with Crippen molar-refractivity contribution in [1.29, 1.82) is 0 Å². The van der Waals surface area contributed by atoms with Gasteiger partial charge in [0.05, 0.1) is 0 Å². The van der Waals surface area contributed by atoms with Crippen LogP contribution < -0.4 is 0 Å². The van der Waals surface area contributed by atoms with Crippen molar-refractivity contribution in [1.82, 2.24) is 0 Å². The molecule has 1 aromatic rings. The summed E-state index contributed by atoms with van der Waals surface area (Å²) in [7, 11) is 0. The van der Waals surface area contributed by atoms with Crippen LogP contribution in [0.5, 0.6) is 0 Å². The molecule has 0 bridgehead atoms. The monoisotopic (exact) mass is 268 g/mol. The van der Waals surface area contributed by atoms with E-state index in [4.69, 9.17) is 11.6 Å². The van der Waals surface area contributed by atoms with Gasteiger partial charge in [0.2, 0.25) is 0 Å². The molecular formula is C13H13ClO2S. The molecule has 1 rings (SSSR count). The zero-order valence-electron chi connectivity index (χ0n) is 9.48. The minimum Gasteiger partial charge on any atom is -0.298 e. The number of rotatable bonds is 5. The van der Waals surface area contributed by atoms with Crippen LogP contribution in [0.1, 0.15) is 29.3 Å². The molecule has 0 aliphatic carbocycles. The Hall–Kier alpha value is -1.06. The predicted molar refractivity (Wildman–Crippen MR) is 73.6 cm³/mol. The van der Waals surface area contributed by atoms with Crippen molar-refractivity contribution in [3.05, 3.63) is 40.4 Å². The molecule has 90 valence electrons. The molecule has 4 heteroatoms. The lowest BCUT2D eigenvalue weighted by Gasteiger charge is -1.99. The molecule has 17 heavy (non-hydrogen) atoms. The average Bonchev–Trinajstić information content (AvgIpc) is 2.29. The molecule has 0 unspecified atom stereocenters. The van der Waals surface area contributed by atoms with E-state index in [0.717, 1.165) is 24.0 Å². The van der Waals surface area contributed by atoms with E-state index in [2.05, 4.69) is 0 Å². The Morgan fingerprint density at radius 3 is 2.82 bits per heavy atom. The quantitative estimate of drug-likeness (QED) is 0.601. The van der Waals surface area contributed by atoms with Crippen LogP contribution in [0, 0.1) is 0 Å². The van der Waals surface area contributed by atoms with Crippen LogP contribution in [0.25, 0.3) is 6.08 Å². The molecule has 1 aromatic carbocycles. The van der Waals surface area contributed by atoms with E-state index >= 15 is 0 Å². The number of allylic oxidation sites excluding steroid dienone is 1. The maximum Gasteiger partial charge on any atom is 0.185 e. The Labute approximate surface area is 110 Å². The normalized spacial score (nSPS) is 10.7. The van der Waals surface area contributed by atoms with Crippen molar-refractivity contribution in [2.24, 2.45) is 0 Å². The van der Waals surface area contributed by atoms with Gasteiger partial charge in [0, 0.05) is 23.3 Å². The van der Waals surface area contributed by atoms with Gasteiger partial charge in [0.15, 0.2) is 11.4 Å². The summed E-state index contributed by atoms with van der Waals surface area (Å²) in [5, 5.41) is 0.676. The number of halogens is 1. The van der Waals surface area contributed by atoms with Crippen molar-refractivity contribution in [3.8, 4) is 0 Å². The second-order valence-electron chi connectivity index (χ2n) is 3.42. The van der Waals surface area contributed by atoms with Crippen LogP contribution in [0.2, 0.25) is 5.02 Å². The summed E-state index contributed by atoms with van der Waals surface area (Å²) < 4.78 is 0. The number of aldehydes is 1. The van der Waals surface area contributed by atoms with Crippen molar-refractivity contribution >= 4 is 40.8 Å². The van der Waals surface area contributed by atoms with Crippen LogP contribution >= 0.6 is 23.4 Å². The SMILES string of the molecule is CC(=O)SCCC=Cc1ccc(Cl)cc1C=O. The minimum absolute atomic E-state index is 0.124. The number of carbonyl (C=O) groups is 2. The number of thioether (sulfide) groups is 1. The van der Waals surface area contributed by atoms with Crippen LogP contribution in [0.4, 0.5) is 0 Å². The lowest BCUT2D eigenvalue weighted by Crippen LogP contribution is -1.86. The molecule has 0 atom stereocenters.